The van der Waals surface area contributed by atoms with Gasteiger partial charge in [0.05, 0.1) is 22.1 Å². The van der Waals surface area contributed by atoms with E-state index in [1.165, 1.54) is 0 Å². The minimum atomic E-state index is 0.00494. The second kappa shape index (κ2) is 8.14. The monoisotopic (exact) mass is 436 g/mol. The van der Waals surface area contributed by atoms with Crippen LogP contribution >= 0.6 is 0 Å². The summed E-state index contributed by atoms with van der Waals surface area (Å²) in [6, 6.07) is 15.9. The van der Waals surface area contributed by atoms with Crippen LogP contribution in [0.25, 0.3) is 16.7 Å². The molecule has 2 aromatic carbocycles. The fourth-order valence-electron chi connectivity index (χ4n) is 4.82. The molecule has 0 atom stereocenters. The van der Waals surface area contributed by atoms with E-state index in [0.717, 1.165) is 56.1 Å². The summed E-state index contributed by atoms with van der Waals surface area (Å²) in [7, 11) is 0. The zero-order valence-corrected chi connectivity index (χ0v) is 18.3. The maximum absolute atomic E-state index is 9.50. The van der Waals surface area contributed by atoms with E-state index in [9.17, 15) is 21.0 Å². The molecule has 158 valence electrons. The Morgan fingerprint density at radius 1 is 0.794 bits per heavy atom. The Morgan fingerprint density at radius 2 is 1.35 bits per heavy atom. The molecule has 0 radical (unpaired) electrons. The summed E-state index contributed by atoms with van der Waals surface area (Å²) in [6.07, 6.45) is 7.50. The molecule has 0 N–H and O–H groups in total. The van der Waals surface area contributed by atoms with E-state index in [1.54, 1.807) is 0 Å². The van der Waals surface area contributed by atoms with Crippen LogP contribution in [0.5, 0.6) is 0 Å². The summed E-state index contributed by atoms with van der Waals surface area (Å²) < 4.78 is 0. The third kappa shape index (κ3) is 3.07. The first-order valence-corrected chi connectivity index (χ1v) is 10.7. The van der Waals surface area contributed by atoms with Gasteiger partial charge in [-0.3, -0.25) is 0 Å². The van der Waals surface area contributed by atoms with Crippen molar-refractivity contribution in [1.82, 2.24) is 0 Å². The van der Waals surface area contributed by atoms with Crippen molar-refractivity contribution < 1.29 is 0 Å². The predicted molar refractivity (Wildman–Crippen MR) is 125 cm³/mol. The van der Waals surface area contributed by atoms with Gasteiger partial charge in [-0.05, 0) is 41.2 Å². The normalized spacial score (nSPS) is 14.6. The highest BCUT2D eigenvalue weighted by Gasteiger charge is 2.31. The van der Waals surface area contributed by atoms with E-state index in [0.29, 0.717) is 24.2 Å². The van der Waals surface area contributed by atoms with Gasteiger partial charge in [-0.1, -0.05) is 42.5 Å². The number of hydrogen-bond acceptors (Lipinski definition) is 6. The Bertz CT molecular complexity index is 1690. The Morgan fingerprint density at radius 3 is 1.88 bits per heavy atom. The molecule has 3 aliphatic rings. The summed E-state index contributed by atoms with van der Waals surface area (Å²) >= 11 is 0. The predicted octanol–water partition coefficient (Wildman–Crippen LogP) is 3.96. The first kappa shape index (κ1) is 20.8. The lowest BCUT2D eigenvalue weighted by molar-refractivity contribution is 1.14. The molecule has 0 saturated heterocycles. The largest absolute Gasteiger partial charge is 0.250 e. The van der Waals surface area contributed by atoms with Crippen LogP contribution in [-0.2, 0) is 12.8 Å². The average molecular weight is 436 g/mol. The molecule has 1 aliphatic carbocycles. The molecule has 6 nitrogen and oxygen atoms in total. The molecule has 2 aromatic rings. The van der Waals surface area contributed by atoms with Crippen molar-refractivity contribution in [1.29, 1.82) is 21.0 Å². The summed E-state index contributed by atoms with van der Waals surface area (Å²) in [5, 5.41) is 39.5. The smallest absolute Gasteiger partial charge is 0.151 e. The van der Waals surface area contributed by atoms with Crippen LogP contribution in [0.1, 0.15) is 28.7 Å². The van der Waals surface area contributed by atoms with Crippen molar-refractivity contribution in [3.8, 4) is 35.4 Å². The second-order valence-corrected chi connectivity index (χ2v) is 8.21. The van der Waals surface area contributed by atoms with Gasteiger partial charge < -0.3 is 0 Å². The molecule has 2 heterocycles. The number of allylic oxidation sites excluding steroid dienone is 8. The quantitative estimate of drug-likeness (QED) is 0.662. The van der Waals surface area contributed by atoms with Crippen molar-refractivity contribution in [3.05, 3.63) is 98.0 Å². The zero-order chi connectivity index (χ0) is 23.8. The maximum Gasteiger partial charge on any atom is 0.151 e. The van der Waals surface area contributed by atoms with Crippen LogP contribution in [0, 0.1) is 52.2 Å². The Kier molecular flexibility index (Phi) is 4.99. The van der Waals surface area contributed by atoms with Crippen molar-refractivity contribution in [2.75, 3.05) is 0 Å². The molecule has 5 rings (SSSR count). The van der Waals surface area contributed by atoms with Crippen LogP contribution in [0.4, 0.5) is 0 Å². The lowest BCUT2D eigenvalue weighted by Crippen LogP contribution is -2.25. The van der Waals surface area contributed by atoms with Crippen LogP contribution in [0.15, 0.2) is 75.0 Å². The van der Waals surface area contributed by atoms with Gasteiger partial charge >= 0.3 is 0 Å². The van der Waals surface area contributed by atoms with E-state index in [2.05, 4.69) is 6.08 Å². The Balaban J connectivity index is 1.97. The fraction of sp³-hybridized carbons (Fsp3) is 0.143. The molecule has 2 aliphatic heterocycles. The van der Waals surface area contributed by atoms with E-state index in [4.69, 9.17) is 9.98 Å². The zero-order valence-electron chi connectivity index (χ0n) is 18.3. The summed E-state index contributed by atoms with van der Waals surface area (Å²) in [6.45, 7) is 2.02. The van der Waals surface area contributed by atoms with Crippen molar-refractivity contribution in [2.45, 2.75) is 26.2 Å². The maximum atomic E-state index is 9.50. The number of nitrogens with zero attached hydrogens (tertiary/aromatic N) is 6. The first-order valence-electron chi connectivity index (χ1n) is 10.7. The van der Waals surface area contributed by atoms with Crippen LogP contribution in [0.3, 0.4) is 0 Å². The Labute approximate surface area is 196 Å². The van der Waals surface area contributed by atoms with Gasteiger partial charge in [0, 0.05) is 24.0 Å². The minimum absolute atomic E-state index is 0.00494. The molecule has 0 spiro atoms. The summed E-state index contributed by atoms with van der Waals surface area (Å²) in [5.41, 5.74) is 7.66. The van der Waals surface area contributed by atoms with Gasteiger partial charge in [0.1, 0.15) is 24.3 Å². The van der Waals surface area contributed by atoms with E-state index >= 15 is 0 Å². The molecule has 34 heavy (non-hydrogen) atoms. The van der Waals surface area contributed by atoms with Crippen LogP contribution < -0.4 is 10.7 Å². The van der Waals surface area contributed by atoms with E-state index in [1.807, 2.05) is 67.6 Å². The van der Waals surface area contributed by atoms with Gasteiger partial charge in [0.25, 0.3) is 0 Å². The number of fused-ring (bicyclic) bond motifs is 2. The molecular formula is C28H16N6. The first-order chi connectivity index (χ1) is 16.6. The number of aryl methyl sites for hydroxylation is 1. The van der Waals surface area contributed by atoms with E-state index < -0.39 is 0 Å². The molecule has 0 unspecified atom stereocenters. The SMILES string of the molecule is Cc1ccccc1-c1c2c(c(C3=CC=CC3)c3c1=NC(=C(C#N)C#N)C3)=NC(=C(C#N)C#N)C2. The van der Waals surface area contributed by atoms with Gasteiger partial charge in [0.15, 0.2) is 11.1 Å². The van der Waals surface area contributed by atoms with Crippen LogP contribution in [-0.4, -0.2) is 0 Å². The van der Waals surface area contributed by atoms with Crippen molar-refractivity contribution >= 4 is 5.57 Å². The lowest BCUT2D eigenvalue weighted by Gasteiger charge is -2.15. The third-order valence-corrected chi connectivity index (χ3v) is 6.36. The molecule has 0 aromatic heterocycles. The molecule has 0 amide bonds. The standard InChI is InChI=1S/C28H16N6/c1-16-6-2-5-9-20(16)26-22-11-24(19(14-31)15-32)33-27(22)25(17-7-3-4-8-17)21-10-23(34-28(21)26)18(12-29)13-30/h2-7,9H,8,10-11H2,1H3. The number of rotatable bonds is 2. The molecule has 6 heteroatoms. The highest BCUT2D eigenvalue weighted by atomic mass is 14.8. The van der Waals surface area contributed by atoms with Crippen molar-refractivity contribution in [2.24, 2.45) is 9.98 Å². The lowest BCUT2D eigenvalue weighted by atomic mass is 9.86. The minimum Gasteiger partial charge on any atom is -0.250 e. The van der Waals surface area contributed by atoms with Gasteiger partial charge in [-0.25, -0.2) is 9.98 Å². The van der Waals surface area contributed by atoms with Gasteiger partial charge in [0.2, 0.25) is 0 Å². The highest BCUT2D eigenvalue weighted by Crippen LogP contribution is 2.35. The second-order valence-electron chi connectivity index (χ2n) is 8.21. The number of nitriles is 4. The summed E-state index contributed by atoms with van der Waals surface area (Å²) in [5.74, 6) is 0. The third-order valence-electron chi connectivity index (χ3n) is 6.36. The number of hydrogen-bond donors (Lipinski definition) is 0. The topological polar surface area (TPSA) is 120 Å². The number of benzene rings is 2. The molecule has 0 saturated carbocycles. The van der Waals surface area contributed by atoms with Gasteiger partial charge in [-0.2, -0.15) is 21.0 Å². The van der Waals surface area contributed by atoms with Crippen molar-refractivity contribution in [3.63, 3.8) is 0 Å². The van der Waals surface area contributed by atoms with Crippen LogP contribution in [0.2, 0.25) is 0 Å². The van der Waals surface area contributed by atoms with Gasteiger partial charge in [-0.15, -0.1) is 0 Å². The Hall–Kier alpha value is -5.04. The molecule has 0 fully saturated rings. The molecule has 0 bridgehead atoms. The summed E-state index contributed by atoms with van der Waals surface area (Å²) in [4.78, 5) is 9.65. The van der Waals surface area contributed by atoms with E-state index in [-0.39, 0.29) is 11.1 Å². The molecular weight excluding hydrogens is 420 g/mol. The highest BCUT2D eigenvalue weighted by molar-refractivity contribution is 5.81. The average Bonchev–Trinajstić information content (AvgIpc) is 3.60. The fourth-order valence-corrected chi connectivity index (χ4v) is 4.82.